The molecule has 1 fully saturated rings. The smallest absolute Gasteiger partial charge is 0.247 e. The van der Waals surface area contributed by atoms with Gasteiger partial charge in [-0.25, -0.2) is 4.39 Å². The third-order valence-electron chi connectivity index (χ3n) is 6.43. The third kappa shape index (κ3) is 4.40. The fourth-order valence-electron chi connectivity index (χ4n) is 4.23. The van der Waals surface area contributed by atoms with Crippen LogP contribution in [0.3, 0.4) is 0 Å². The average molecular weight is 502 g/mol. The minimum Gasteiger partial charge on any atom is -0.493 e. The Morgan fingerprint density at radius 2 is 1.62 bits per heavy atom. The molecule has 0 saturated heterocycles. The fraction of sp³-hybridized carbons (Fsp3) is 0.179. The number of anilines is 2. The van der Waals surface area contributed by atoms with Gasteiger partial charge in [-0.3, -0.25) is 19.5 Å². The zero-order valence-electron chi connectivity index (χ0n) is 20.2. The molecular formula is C28H24FN3O5. The van der Waals surface area contributed by atoms with Crippen LogP contribution in [0.15, 0.2) is 72.9 Å². The molecule has 9 heteroatoms. The lowest BCUT2D eigenvalue weighted by atomic mass is 10.0. The molecule has 1 heterocycles. The molecule has 0 bridgehead atoms. The van der Waals surface area contributed by atoms with Gasteiger partial charge in [0.05, 0.1) is 25.4 Å². The molecule has 1 aliphatic carbocycles. The summed E-state index contributed by atoms with van der Waals surface area (Å²) in [6.45, 7) is 0. The summed E-state index contributed by atoms with van der Waals surface area (Å²) in [5, 5.41) is 0.720. The van der Waals surface area contributed by atoms with Crippen LogP contribution in [-0.2, 0) is 9.59 Å². The highest BCUT2D eigenvalue weighted by molar-refractivity contribution is 6.16. The number of halogens is 1. The lowest BCUT2D eigenvalue weighted by Gasteiger charge is -2.26. The Labute approximate surface area is 212 Å². The number of carbonyl (C=O) groups excluding carboxylic acids is 2. The number of fused-ring (bicyclic) bond motifs is 1. The van der Waals surface area contributed by atoms with Crippen molar-refractivity contribution in [2.75, 3.05) is 19.1 Å². The third-order valence-corrected chi connectivity index (χ3v) is 6.43. The minimum absolute atomic E-state index is 0.298. The Kier molecular flexibility index (Phi) is 6.12. The van der Waals surface area contributed by atoms with Gasteiger partial charge in [0.2, 0.25) is 11.8 Å². The van der Waals surface area contributed by atoms with E-state index in [-0.39, 0.29) is 0 Å². The van der Waals surface area contributed by atoms with Gasteiger partial charge in [-0.2, -0.15) is 0 Å². The van der Waals surface area contributed by atoms with Crippen LogP contribution in [0.1, 0.15) is 12.8 Å². The van der Waals surface area contributed by atoms with Gasteiger partial charge in [-0.15, -0.1) is 0 Å². The molecule has 2 N–H and O–H groups in total. The molecular weight excluding hydrogens is 477 g/mol. The number of nitrogens with two attached hydrogens (primary N) is 1. The molecule has 8 nitrogen and oxygen atoms in total. The van der Waals surface area contributed by atoms with E-state index in [0.717, 1.165) is 5.39 Å². The lowest BCUT2D eigenvalue weighted by Crippen LogP contribution is -2.41. The highest BCUT2D eigenvalue weighted by atomic mass is 19.1. The summed E-state index contributed by atoms with van der Waals surface area (Å²) in [5.41, 5.74) is 5.68. The van der Waals surface area contributed by atoms with Crippen molar-refractivity contribution in [1.29, 1.82) is 0 Å². The van der Waals surface area contributed by atoms with Crippen LogP contribution in [0.4, 0.5) is 15.8 Å². The number of hydrogen-bond donors (Lipinski definition) is 1. The fourth-order valence-corrected chi connectivity index (χ4v) is 4.23. The molecule has 0 radical (unpaired) electrons. The zero-order chi connectivity index (χ0) is 26.2. The predicted octanol–water partition coefficient (Wildman–Crippen LogP) is 5.11. The first-order valence-electron chi connectivity index (χ1n) is 11.5. The van der Waals surface area contributed by atoms with E-state index in [1.54, 1.807) is 68.9 Å². The topological polar surface area (TPSA) is 104 Å². The van der Waals surface area contributed by atoms with Crippen LogP contribution in [0, 0.1) is 11.2 Å². The quantitative estimate of drug-likeness (QED) is 0.337. The lowest BCUT2D eigenvalue weighted by molar-refractivity contribution is -0.133. The molecule has 4 aromatic rings. The highest BCUT2D eigenvalue weighted by Crippen LogP contribution is 2.49. The Morgan fingerprint density at radius 3 is 2.24 bits per heavy atom. The van der Waals surface area contributed by atoms with Crippen LogP contribution in [0.2, 0.25) is 0 Å². The Balaban J connectivity index is 1.49. The maximum absolute atomic E-state index is 14.0. The summed E-state index contributed by atoms with van der Waals surface area (Å²) in [7, 11) is 3.10. The maximum atomic E-state index is 14.0. The number of methoxy groups -OCH3 is 2. The van der Waals surface area contributed by atoms with Crippen LogP contribution >= 0.6 is 0 Å². The van der Waals surface area contributed by atoms with E-state index in [4.69, 9.17) is 19.9 Å². The number of benzene rings is 3. The Hall–Kier alpha value is -4.66. The van der Waals surface area contributed by atoms with Gasteiger partial charge in [0, 0.05) is 23.3 Å². The van der Waals surface area contributed by atoms with Crippen molar-refractivity contribution in [2.24, 2.45) is 11.1 Å². The number of rotatable bonds is 8. The average Bonchev–Trinajstić information content (AvgIpc) is 3.72. The number of pyridine rings is 1. The molecule has 1 saturated carbocycles. The van der Waals surface area contributed by atoms with Crippen molar-refractivity contribution >= 4 is 34.1 Å². The first-order chi connectivity index (χ1) is 17.9. The van der Waals surface area contributed by atoms with E-state index >= 15 is 0 Å². The van der Waals surface area contributed by atoms with E-state index in [0.29, 0.717) is 52.7 Å². The second kappa shape index (κ2) is 9.42. The molecule has 0 unspecified atom stereocenters. The van der Waals surface area contributed by atoms with Gasteiger partial charge in [0.1, 0.15) is 22.7 Å². The van der Waals surface area contributed by atoms with Gasteiger partial charge in [0.25, 0.3) is 0 Å². The monoisotopic (exact) mass is 501 g/mol. The molecule has 1 aromatic heterocycles. The number of amides is 2. The van der Waals surface area contributed by atoms with Crippen molar-refractivity contribution < 1.29 is 28.2 Å². The normalized spacial score (nSPS) is 13.6. The van der Waals surface area contributed by atoms with Gasteiger partial charge in [-0.1, -0.05) is 6.07 Å². The first kappa shape index (κ1) is 24.1. The molecule has 37 heavy (non-hydrogen) atoms. The van der Waals surface area contributed by atoms with Crippen molar-refractivity contribution in [3.05, 3.63) is 78.7 Å². The van der Waals surface area contributed by atoms with Gasteiger partial charge in [-0.05, 0) is 67.4 Å². The first-order valence-corrected chi connectivity index (χ1v) is 11.5. The van der Waals surface area contributed by atoms with Crippen LogP contribution < -0.4 is 24.8 Å². The number of aromatic nitrogens is 1. The van der Waals surface area contributed by atoms with Crippen molar-refractivity contribution in [3.63, 3.8) is 0 Å². The second-order valence-electron chi connectivity index (χ2n) is 8.70. The van der Waals surface area contributed by atoms with E-state index in [2.05, 4.69) is 4.98 Å². The molecule has 2 amide bonds. The Morgan fingerprint density at radius 1 is 0.919 bits per heavy atom. The molecule has 3 aromatic carbocycles. The second-order valence-corrected chi connectivity index (χ2v) is 8.70. The van der Waals surface area contributed by atoms with E-state index in [9.17, 15) is 14.0 Å². The molecule has 5 rings (SSSR count). The van der Waals surface area contributed by atoms with E-state index in [1.165, 1.54) is 23.1 Å². The van der Waals surface area contributed by atoms with Crippen molar-refractivity contribution in [1.82, 2.24) is 4.98 Å². The Bertz CT molecular complexity index is 1500. The van der Waals surface area contributed by atoms with Crippen molar-refractivity contribution in [2.45, 2.75) is 12.8 Å². The molecule has 1 aliphatic rings. The summed E-state index contributed by atoms with van der Waals surface area (Å²) < 4.78 is 30.9. The summed E-state index contributed by atoms with van der Waals surface area (Å²) in [6.07, 6.45) is 2.34. The number of ether oxygens (including phenoxy) is 3. The number of nitrogens with zero attached hydrogens (tertiary/aromatic N) is 2. The van der Waals surface area contributed by atoms with Gasteiger partial charge < -0.3 is 19.9 Å². The maximum Gasteiger partial charge on any atom is 0.247 e. The van der Waals surface area contributed by atoms with E-state index < -0.39 is 23.0 Å². The number of carbonyl (C=O) groups is 2. The molecule has 0 spiro atoms. The summed E-state index contributed by atoms with van der Waals surface area (Å²) >= 11 is 0. The van der Waals surface area contributed by atoms with Crippen LogP contribution in [0.5, 0.6) is 23.0 Å². The summed E-state index contributed by atoms with van der Waals surface area (Å²) in [6, 6.07) is 17.6. The standard InChI is InChI=1S/C28H24FN3O5/c1-35-24-15-21-22(16-25(24)36-2)31-13-10-23(21)37-20-8-6-18(7-9-20)32(19-5-3-4-17(29)14-19)27(34)28(11-12-28)26(30)33/h3-10,13-16H,11-12H2,1-2H3,(H2,30,33). The van der Waals surface area contributed by atoms with Crippen molar-refractivity contribution in [3.8, 4) is 23.0 Å². The summed E-state index contributed by atoms with van der Waals surface area (Å²) in [4.78, 5) is 31.2. The number of hydrogen-bond acceptors (Lipinski definition) is 6. The predicted molar refractivity (Wildman–Crippen MR) is 136 cm³/mol. The summed E-state index contributed by atoms with van der Waals surface area (Å²) in [5.74, 6) is 0.453. The highest BCUT2D eigenvalue weighted by Gasteiger charge is 2.57. The van der Waals surface area contributed by atoms with Crippen LogP contribution in [-0.4, -0.2) is 31.0 Å². The van der Waals surface area contributed by atoms with Crippen LogP contribution in [0.25, 0.3) is 10.9 Å². The minimum atomic E-state index is -1.28. The zero-order valence-corrected chi connectivity index (χ0v) is 20.2. The van der Waals surface area contributed by atoms with Gasteiger partial charge in [0.15, 0.2) is 11.5 Å². The molecule has 0 atom stereocenters. The number of primary amides is 1. The van der Waals surface area contributed by atoms with Gasteiger partial charge >= 0.3 is 0 Å². The molecule has 0 aliphatic heterocycles. The SMILES string of the molecule is COc1cc2nccc(Oc3ccc(N(C(=O)C4(C(N)=O)CC4)c4cccc(F)c4)cc3)c2cc1OC. The largest absolute Gasteiger partial charge is 0.493 e. The van der Waals surface area contributed by atoms with E-state index in [1.807, 2.05) is 0 Å². The molecule has 188 valence electrons.